The van der Waals surface area contributed by atoms with Crippen LogP contribution < -0.4 is 4.74 Å². The van der Waals surface area contributed by atoms with E-state index in [4.69, 9.17) is 4.74 Å². The van der Waals surface area contributed by atoms with Crippen molar-refractivity contribution in [3.63, 3.8) is 0 Å². The van der Waals surface area contributed by atoms with Crippen molar-refractivity contribution in [2.24, 2.45) is 0 Å². The van der Waals surface area contributed by atoms with Crippen molar-refractivity contribution in [2.45, 2.75) is 44.9 Å². The smallest absolute Gasteiger partial charge is 0.292 e. The average molecular weight is 230 g/mol. The fraction of sp³-hybridized carbons (Fsp3) is 0.533. The van der Waals surface area contributed by atoms with E-state index in [0.717, 1.165) is 5.75 Å². The molecule has 0 aromatic heterocycles. The molecule has 0 atom stereocenters. The molecule has 2 nitrogen and oxygen atoms in total. The van der Waals surface area contributed by atoms with E-state index in [0.29, 0.717) is 12.6 Å². The maximum absolute atomic E-state index is 5.81. The molecule has 90 valence electrons. The van der Waals surface area contributed by atoms with E-state index >= 15 is 0 Å². The Hall–Kier alpha value is -1.31. The fourth-order valence-corrected chi connectivity index (χ4v) is 3.10. The number of nitrogens with zero attached hydrogens (tertiary/aromatic N) is 1. The Morgan fingerprint density at radius 2 is 2.00 bits per heavy atom. The summed E-state index contributed by atoms with van der Waals surface area (Å²) in [7, 11) is 0. The zero-order chi connectivity index (χ0) is 11.8. The second-order valence-electron chi connectivity index (χ2n) is 5.35. The maximum atomic E-state index is 5.81. The van der Waals surface area contributed by atoms with Crippen LogP contribution >= 0.6 is 0 Å². The first-order valence-corrected chi connectivity index (χ1v) is 6.61. The average Bonchev–Trinajstić information content (AvgIpc) is 2.72. The number of hydrogen-bond donors (Lipinski definition) is 0. The minimum atomic E-state index is 0.596. The molecule has 1 aromatic carbocycles. The van der Waals surface area contributed by atoms with Gasteiger partial charge in [-0.05, 0) is 31.2 Å². The molecule has 0 spiro atoms. The molecule has 1 aromatic rings. The zero-order valence-corrected chi connectivity index (χ0v) is 10.5. The normalized spacial score (nSPS) is 20.2. The molecule has 1 fully saturated rings. The van der Waals surface area contributed by atoms with Crippen LogP contribution in [0.25, 0.3) is 0 Å². The van der Waals surface area contributed by atoms with E-state index in [1.165, 1.54) is 48.9 Å². The molecule has 0 unspecified atom stereocenters. The molecular formula is C15H20NO+. The highest BCUT2D eigenvalue weighted by Crippen LogP contribution is 2.44. The zero-order valence-electron chi connectivity index (χ0n) is 10.5. The predicted molar refractivity (Wildman–Crippen MR) is 69.5 cm³/mol. The predicted octanol–water partition coefficient (Wildman–Crippen LogP) is 3.74. The van der Waals surface area contributed by atoms with Crippen molar-refractivity contribution >= 4 is 12.4 Å². The van der Waals surface area contributed by atoms with Crippen LogP contribution in [-0.4, -0.2) is 18.0 Å². The van der Waals surface area contributed by atoms with E-state index in [1.54, 1.807) is 0 Å². The molecule has 1 heterocycles. The van der Waals surface area contributed by atoms with Crippen LogP contribution in [0.15, 0.2) is 12.1 Å². The lowest BCUT2D eigenvalue weighted by Gasteiger charge is -2.22. The van der Waals surface area contributed by atoms with Crippen molar-refractivity contribution in [3.05, 3.63) is 23.3 Å². The van der Waals surface area contributed by atoms with E-state index < -0.39 is 0 Å². The van der Waals surface area contributed by atoms with Gasteiger partial charge in [0.2, 0.25) is 5.75 Å². The van der Waals surface area contributed by atoms with Gasteiger partial charge in [0.25, 0.3) is 12.4 Å². The molecule has 1 aliphatic carbocycles. The monoisotopic (exact) mass is 230 g/mol. The van der Waals surface area contributed by atoms with Crippen LogP contribution in [0.2, 0.25) is 0 Å². The van der Waals surface area contributed by atoms with Crippen molar-refractivity contribution in [3.8, 4) is 5.75 Å². The highest BCUT2D eigenvalue weighted by molar-refractivity contribution is 5.57. The van der Waals surface area contributed by atoms with Gasteiger partial charge in [0.05, 0.1) is 0 Å². The number of benzene rings is 1. The molecule has 17 heavy (non-hydrogen) atoms. The Morgan fingerprint density at radius 1 is 1.24 bits per heavy atom. The summed E-state index contributed by atoms with van der Waals surface area (Å²) in [5.74, 6) is 1.79. The molecule has 1 saturated carbocycles. The maximum Gasteiger partial charge on any atom is 0.292 e. The largest absolute Gasteiger partial charge is 0.429 e. The summed E-state index contributed by atoms with van der Waals surface area (Å²) in [4.78, 5) is 0. The minimum absolute atomic E-state index is 0.596. The van der Waals surface area contributed by atoms with Crippen LogP contribution in [0.4, 0.5) is 5.69 Å². The molecular weight excluding hydrogens is 210 g/mol. The number of rotatable bonds is 1. The van der Waals surface area contributed by atoms with Crippen molar-refractivity contribution in [1.82, 2.24) is 0 Å². The third-order valence-electron chi connectivity index (χ3n) is 3.99. The molecule has 2 aliphatic rings. The van der Waals surface area contributed by atoms with Gasteiger partial charge in [-0.1, -0.05) is 25.3 Å². The highest BCUT2D eigenvalue weighted by Gasteiger charge is 2.30. The van der Waals surface area contributed by atoms with Gasteiger partial charge in [-0.3, -0.25) is 0 Å². The fourth-order valence-electron chi connectivity index (χ4n) is 3.10. The van der Waals surface area contributed by atoms with Gasteiger partial charge in [-0.15, -0.1) is 0 Å². The van der Waals surface area contributed by atoms with Gasteiger partial charge in [0, 0.05) is 11.6 Å². The van der Waals surface area contributed by atoms with Crippen LogP contribution in [0, 0.1) is 6.92 Å². The molecule has 0 saturated heterocycles. The highest BCUT2D eigenvalue weighted by atomic mass is 16.5. The van der Waals surface area contributed by atoms with Crippen molar-refractivity contribution in [1.29, 1.82) is 0 Å². The second kappa shape index (κ2) is 4.17. The lowest BCUT2D eigenvalue weighted by molar-refractivity contribution is -0.449. The van der Waals surface area contributed by atoms with Gasteiger partial charge in [-0.2, -0.15) is 4.58 Å². The Kier molecular flexibility index (Phi) is 2.65. The van der Waals surface area contributed by atoms with Crippen LogP contribution in [0.3, 0.4) is 0 Å². The first kappa shape index (κ1) is 10.8. The first-order valence-electron chi connectivity index (χ1n) is 6.61. The van der Waals surface area contributed by atoms with E-state index in [9.17, 15) is 0 Å². The number of hydrogen-bond acceptors (Lipinski definition) is 1. The molecule has 2 heteroatoms. The summed E-state index contributed by atoms with van der Waals surface area (Å²) in [6, 6.07) is 4.50. The lowest BCUT2D eigenvalue weighted by atomic mass is 9.83. The Bertz CT molecular complexity index is 458. The van der Waals surface area contributed by atoms with Gasteiger partial charge in [-0.25, -0.2) is 0 Å². The first-order chi connectivity index (χ1) is 8.25. The van der Waals surface area contributed by atoms with E-state index in [2.05, 4.69) is 25.8 Å². The third-order valence-corrected chi connectivity index (χ3v) is 3.99. The topological polar surface area (TPSA) is 12.2 Å². The Labute approximate surface area is 103 Å². The van der Waals surface area contributed by atoms with Crippen molar-refractivity contribution in [2.75, 3.05) is 6.73 Å². The standard InChI is InChI=1S/C15H20NO/c1-11-8-13(12-6-4-3-5-7-12)15-14(9-11)16(2)10-17-15/h8-9,12H,2-7,10H2,1H3/q+1. The summed E-state index contributed by atoms with van der Waals surface area (Å²) >= 11 is 0. The molecule has 0 radical (unpaired) electrons. The lowest BCUT2D eigenvalue weighted by Crippen LogP contribution is -2.06. The van der Waals surface area contributed by atoms with Crippen LogP contribution in [0.1, 0.15) is 49.1 Å². The number of ether oxygens (including phenoxy) is 1. The minimum Gasteiger partial charge on any atom is -0.429 e. The summed E-state index contributed by atoms with van der Waals surface area (Å²) in [6.45, 7) is 6.78. The summed E-state index contributed by atoms with van der Waals surface area (Å²) in [6.07, 6.45) is 6.75. The van der Waals surface area contributed by atoms with E-state index in [1.807, 2.05) is 4.58 Å². The molecule has 0 bridgehead atoms. The Morgan fingerprint density at radius 3 is 2.76 bits per heavy atom. The number of aryl methyl sites for hydroxylation is 1. The quantitative estimate of drug-likeness (QED) is 0.669. The second-order valence-corrected chi connectivity index (χ2v) is 5.35. The molecule has 0 amide bonds. The van der Waals surface area contributed by atoms with Gasteiger partial charge < -0.3 is 4.74 Å². The summed E-state index contributed by atoms with van der Waals surface area (Å²) < 4.78 is 7.77. The molecule has 0 N–H and O–H groups in total. The van der Waals surface area contributed by atoms with Gasteiger partial charge in [0.1, 0.15) is 6.72 Å². The van der Waals surface area contributed by atoms with Gasteiger partial charge >= 0.3 is 0 Å². The van der Waals surface area contributed by atoms with Gasteiger partial charge in [0.15, 0.2) is 0 Å². The summed E-state index contributed by atoms with van der Waals surface area (Å²) in [5, 5.41) is 0. The summed E-state index contributed by atoms with van der Waals surface area (Å²) in [5.41, 5.74) is 3.92. The Balaban J connectivity index is 2.04. The molecule has 1 aliphatic heterocycles. The third kappa shape index (κ3) is 1.86. The number of fused-ring (bicyclic) bond motifs is 1. The molecule has 3 rings (SSSR count). The van der Waals surface area contributed by atoms with Crippen LogP contribution in [-0.2, 0) is 0 Å². The van der Waals surface area contributed by atoms with Crippen molar-refractivity contribution < 1.29 is 9.31 Å². The van der Waals surface area contributed by atoms with Crippen LogP contribution in [0.5, 0.6) is 5.75 Å². The SMILES string of the molecule is C=[N+]1COc2c(C3CCCCC3)cc(C)cc21. The van der Waals surface area contributed by atoms with E-state index in [-0.39, 0.29) is 0 Å².